The summed E-state index contributed by atoms with van der Waals surface area (Å²) >= 11 is 0. The SMILES string of the molecule is Cc1cnc(-c2nnc(N)nc2N)cn1. The van der Waals surface area contributed by atoms with Gasteiger partial charge in [-0.3, -0.25) is 9.97 Å². The van der Waals surface area contributed by atoms with Crippen molar-refractivity contribution in [2.24, 2.45) is 0 Å². The Morgan fingerprint density at radius 1 is 1.07 bits per heavy atom. The van der Waals surface area contributed by atoms with E-state index in [0.717, 1.165) is 5.69 Å². The van der Waals surface area contributed by atoms with Gasteiger partial charge in [0, 0.05) is 6.20 Å². The third kappa shape index (κ3) is 1.80. The normalized spacial score (nSPS) is 10.2. The van der Waals surface area contributed by atoms with Crippen molar-refractivity contribution in [2.45, 2.75) is 6.92 Å². The van der Waals surface area contributed by atoms with E-state index in [4.69, 9.17) is 11.5 Å². The summed E-state index contributed by atoms with van der Waals surface area (Å²) < 4.78 is 0. The maximum absolute atomic E-state index is 5.63. The minimum atomic E-state index is 0.0383. The molecule has 7 heteroatoms. The van der Waals surface area contributed by atoms with Crippen LogP contribution in [0.4, 0.5) is 11.8 Å². The fourth-order valence-electron chi connectivity index (χ4n) is 1.05. The van der Waals surface area contributed by atoms with Crippen molar-refractivity contribution in [3.05, 3.63) is 18.1 Å². The Bertz CT molecular complexity index is 479. The lowest BCUT2D eigenvalue weighted by atomic mass is 10.3. The molecule has 0 fully saturated rings. The van der Waals surface area contributed by atoms with Crippen LogP contribution in [0.2, 0.25) is 0 Å². The van der Waals surface area contributed by atoms with Crippen molar-refractivity contribution in [1.29, 1.82) is 0 Å². The molecule has 2 aromatic rings. The molecule has 0 saturated carbocycles. The van der Waals surface area contributed by atoms with Crippen molar-refractivity contribution in [2.75, 3.05) is 11.5 Å². The van der Waals surface area contributed by atoms with E-state index in [0.29, 0.717) is 11.4 Å². The van der Waals surface area contributed by atoms with Crippen LogP contribution in [0.1, 0.15) is 5.69 Å². The molecule has 0 aromatic carbocycles. The minimum Gasteiger partial charge on any atom is -0.382 e. The molecule has 0 aliphatic heterocycles. The Kier molecular flexibility index (Phi) is 2.13. The van der Waals surface area contributed by atoms with E-state index in [1.165, 1.54) is 0 Å². The van der Waals surface area contributed by atoms with Crippen LogP contribution >= 0.6 is 0 Å². The molecule has 15 heavy (non-hydrogen) atoms. The van der Waals surface area contributed by atoms with Gasteiger partial charge in [0.25, 0.3) is 0 Å². The van der Waals surface area contributed by atoms with Crippen molar-refractivity contribution in [1.82, 2.24) is 25.1 Å². The van der Waals surface area contributed by atoms with Gasteiger partial charge in [0.05, 0.1) is 11.9 Å². The van der Waals surface area contributed by atoms with Crippen molar-refractivity contribution < 1.29 is 0 Å². The fourth-order valence-corrected chi connectivity index (χ4v) is 1.05. The second-order valence-electron chi connectivity index (χ2n) is 2.95. The van der Waals surface area contributed by atoms with Gasteiger partial charge in [-0.1, -0.05) is 0 Å². The summed E-state index contributed by atoms with van der Waals surface area (Å²) in [4.78, 5) is 12.0. The van der Waals surface area contributed by atoms with E-state index in [2.05, 4.69) is 25.1 Å². The van der Waals surface area contributed by atoms with Crippen molar-refractivity contribution in [3.8, 4) is 11.4 Å². The Balaban J connectivity index is 2.49. The van der Waals surface area contributed by atoms with E-state index >= 15 is 0 Å². The molecule has 2 rings (SSSR count). The smallest absolute Gasteiger partial charge is 0.242 e. The van der Waals surface area contributed by atoms with Crippen LogP contribution in [0.15, 0.2) is 12.4 Å². The zero-order chi connectivity index (χ0) is 10.8. The number of rotatable bonds is 1. The standard InChI is InChI=1S/C8H9N7/c1-4-2-12-5(3-11-4)6-7(9)13-8(10)15-14-6/h2-3H,1H3,(H4,9,10,13,15). The largest absolute Gasteiger partial charge is 0.382 e. The molecule has 0 radical (unpaired) electrons. The first-order valence-corrected chi connectivity index (χ1v) is 4.21. The van der Waals surface area contributed by atoms with Gasteiger partial charge in [0.15, 0.2) is 11.5 Å². The number of hydrogen-bond donors (Lipinski definition) is 2. The highest BCUT2D eigenvalue weighted by molar-refractivity contribution is 5.65. The third-order valence-electron chi connectivity index (χ3n) is 1.75. The maximum Gasteiger partial charge on any atom is 0.242 e. The van der Waals surface area contributed by atoms with E-state index in [1.807, 2.05) is 6.92 Å². The van der Waals surface area contributed by atoms with Crippen molar-refractivity contribution in [3.63, 3.8) is 0 Å². The van der Waals surface area contributed by atoms with E-state index < -0.39 is 0 Å². The molecular weight excluding hydrogens is 194 g/mol. The van der Waals surface area contributed by atoms with Gasteiger partial charge in [0.2, 0.25) is 5.95 Å². The lowest BCUT2D eigenvalue weighted by Crippen LogP contribution is -2.05. The van der Waals surface area contributed by atoms with Gasteiger partial charge in [0.1, 0.15) is 5.69 Å². The summed E-state index contributed by atoms with van der Waals surface area (Å²) in [5.74, 6) is 0.233. The summed E-state index contributed by atoms with van der Waals surface area (Å²) in [7, 11) is 0. The maximum atomic E-state index is 5.63. The number of nitrogens with zero attached hydrogens (tertiary/aromatic N) is 5. The van der Waals surface area contributed by atoms with Crippen LogP contribution < -0.4 is 11.5 Å². The van der Waals surface area contributed by atoms with Crippen LogP contribution in [0.5, 0.6) is 0 Å². The molecule has 7 nitrogen and oxygen atoms in total. The van der Waals surface area contributed by atoms with Crippen molar-refractivity contribution >= 4 is 11.8 Å². The quantitative estimate of drug-likeness (QED) is 0.659. The molecule has 0 saturated heterocycles. The molecule has 0 unspecified atom stereocenters. The van der Waals surface area contributed by atoms with Gasteiger partial charge in [-0.2, -0.15) is 4.98 Å². The summed E-state index contributed by atoms with van der Waals surface area (Å²) in [5.41, 5.74) is 12.7. The molecule has 2 aromatic heterocycles. The van der Waals surface area contributed by atoms with Gasteiger partial charge < -0.3 is 11.5 Å². The molecule has 2 heterocycles. The van der Waals surface area contributed by atoms with Gasteiger partial charge in [-0.25, -0.2) is 0 Å². The second kappa shape index (κ2) is 3.45. The van der Waals surface area contributed by atoms with E-state index in [9.17, 15) is 0 Å². The predicted octanol–water partition coefficient (Wildman–Crippen LogP) is -0.199. The molecule has 0 aliphatic carbocycles. The minimum absolute atomic E-state index is 0.0383. The number of aromatic nitrogens is 5. The summed E-state index contributed by atoms with van der Waals surface area (Å²) in [6.45, 7) is 1.84. The summed E-state index contributed by atoms with van der Waals surface area (Å²) in [6.07, 6.45) is 3.18. The lowest BCUT2D eigenvalue weighted by molar-refractivity contribution is 0.985. The van der Waals surface area contributed by atoms with Gasteiger partial charge in [-0.15, -0.1) is 10.2 Å². The molecule has 0 aliphatic rings. The van der Waals surface area contributed by atoms with Crippen LogP contribution in [0.25, 0.3) is 11.4 Å². The molecule has 0 bridgehead atoms. The number of aryl methyl sites for hydroxylation is 1. The second-order valence-corrected chi connectivity index (χ2v) is 2.95. The molecule has 76 valence electrons. The number of nitrogen functional groups attached to an aromatic ring is 2. The highest BCUT2D eigenvalue weighted by Gasteiger charge is 2.08. The monoisotopic (exact) mass is 203 g/mol. The Morgan fingerprint density at radius 2 is 1.87 bits per heavy atom. The molecule has 4 N–H and O–H groups in total. The average molecular weight is 203 g/mol. The third-order valence-corrected chi connectivity index (χ3v) is 1.75. The van der Waals surface area contributed by atoms with Crippen LogP contribution in [-0.4, -0.2) is 25.1 Å². The number of nitrogens with two attached hydrogens (primary N) is 2. The predicted molar refractivity (Wildman–Crippen MR) is 54.4 cm³/mol. The van der Waals surface area contributed by atoms with E-state index in [-0.39, 0.29) is 11.8 Å². The number of anilines is 2. The fraction of sp³-hybridized carbons (Fsp3) is 0.125. The van der Waals surface area contributed by atoms with E-state index in [1.54, 1.807) is 12.4 Å². The summed E-state index contributed by atoms with van der Waals surface area (Å²) in [6, 6.07) is 0. The zero-order valence-corrected chi connectivity index (χ0v) is 8.05. The zero-order valence-electron chi connectivity index (χ0n) is 8.05. The topological polar surface area (TPSA) is 116 Å². The molecular formula is C8H9N7. The average Bonchev–Trinajstić information content (AvgIpc) is 2.20. The lowest BCUT2D eigenvalue weighted by Gasteiger charge is -2.02. The molecule has 0 atom stereocenters. The first kappa shape index (κ1) is 9.25. The molecule has 0 amide bonds. The highest BCUT2D eigenvalue weighted by Crippen LogP contribution is 2.17. The Morgan fingerprint density at radius 3 is 2.47 bits per heavy atom. The Labute approximate surface area is 85.6 Å². The van der Waals surface area contributed by atoms with Crippen LogP contribution in [0, 0.1) is 6.92 Å². The van der Waals surface area contributed by atoms with Crippen LogP contribution in [0.3, 0.4) is 0 Å². The first-order chi connectivity index (χ1) is 7.16. The summed E-state index contributed by atoms with van der Waals surface area (Å²) in [5, 5.41) is 7.42. The Hall–Kier alpha value is -2.31. The molecule has 0 spiro atoms. The first-order valence-electron chi connectivity index (χ1n) is 4.21. The number of hydrogen-bond acceptors (Lipinski definition) is 7. The van der Waals surface area contributed by atoms with Crippen LogP contribution in [-0.2, 0) is 0 Å². The van der Waals surface area contributed by atoms with Gasteiger partial charge >= 0.3 is 0 Å². The van der Waals surface area contributed by atoms with Gasteiger partial charge in [-0.05, 0) is 6.92 Å². The highest BCUT2D eigenvalue weighted by atomic mass is 15.2.